The van der Waals surface area contributed by atoms with E-state index in [-0.39, 0.29) is 6.61 Å². The summed E-state index contributed by atoms with van der Waals surface area (Å²) in [7, 11) is 0. The minimum Gasteiger partial charge on any atom is -0.492 e. The molecule has 4 nitrogen and oxygen atoms in total. The van der Waals surface area contributed by atoms with Crippen LogP contribution in [0.15, 0.2) is 72.8 Å². The highest BCUT2D eigenvalue weighted by molar-refractivity contribution is 6.11. The van der Waals surface area contributed by atoms with Crippen LogP contribution in [-0.2, 0) is 6.54 Å². The highest BCUT2D eigenvalue weighted by atomic mass is 16.5. The molecule has 0 unspecified atom stereocenters. The lowest BCUT2D eigenvalue weighted by Gasteiger charge is -2.10. The van der Waals surface area contributed by atoms with Gasteiger partial charge in [0, 0.05) is 36.0 Å². The second-order valence-corrected chi connectivity index (χ2v) is 6.91. The van der Waals surface area contributed by atoms with Gasteiger partial charge in [0.05, 0.1) is 5.52 Å². The SMILES string of the molecule is OCCCNCCOc1cccc2c1c1ccccc1n2Cc1ccccc1. The van der Waals surface area contributed by atoms with Gasteiger partial charge in [0.15, 0.2) is 0 Å². The van der Waals surface area contributed by atoms with Crippen molar-refractivity contribution in [2.45, 2.75) is 13.0 Å². The fourth-order valence-electron chi connectivity index (χ4n) is 3.68. The summed E-state index contributed by atoms with van der Waals surface area (Å²) in [6.45, 7) is 3.22. The van der Waals surface area contributed by atoms with Crippen LogP contribution in [0.2, 0.25) is 0 Å². The Bertz CT molecular complexity index is 1040. The van der Waals surface area contributed by atoms with E-state index in [2.05, 4.69) is 82.7 Å². The van der Waals surface area contributed by atoms with Gasteiger partial charge < -0.3 is 19.7 Å². The van der Waals surface area contributed by atoms with Gasteiger partial charge in [-0.05, 0) is 36.7 Å². The molecule has 2 N–H and O–H groups in total. The van der Waals surface area contributed by atoms with Gasteiger partial charge in [-0.2, -0.15) is 0 Å². The van der Waals surface area contributed by atoms with Crippen molar-refractivity contribution in [2.75, 3.05) is 26.3 Å². The van der Waals surface area contributed by atoms with Crippen molar-refractivity contribution in [1.82, 2.24) is 9.88 Å². The summed E-state index contributed by atoms with van der Waals surface area (Å²) < 4.78 is 8.50. The van der Waals surface area contributed by atoms with E-state index in [1.165, 1.54) is 27.4 Å². The molecular weight excluding hydrogens is 348 g/mol. The molecule has 0 aliphatic rings. The third-order valence-corrected chi connectivity index (χ3v) is 4.99. The standard InChI is InChI=1S/C24H26N2O2/c27-16-7-14-25-15-17-28-23-13-6-12-22-24(23)20-10-4-5-11-21(20)26(22)18-19-8-2-1-3-9-19/h1-6,8-13,25,27H,7,14-18H2. The molecule has 0 saturated heterocycles. The highest BCUT2D eigenvalue weighted by Gasteiger charge is 2.14. The number of aliphatic hydroxyl groups is 1. The van der Waals surface area contributed by atoms with E-state index in [4.69, 9.17) is 9.84 Å². The Balaban J connectivity index is 1.66. The Morgan fingerprint density at radius 3 is 2.46 bits per heavy atom. The highest BCUT2D eigenvalue weighted by Crippen LogP contribution is 2.36. The molecule has 0 aliphatic carbocycles. The van der Waals surface area contributed by atoms with Crippen molar-refractivity contribution < 1.29 is 9.84 Å². The van der Waals surface area contributed by atoms with Gasteiger partial charge in [-0.3, -0.25) is 0 Å². The summed E-state index contributed by atoms with van der Waals surface area (Å²) in [4.78, 5) is 0. The molecule has 0 saturated carbocycles. The fourth-order valence-corrected chi connectivity index (χ4v) is 3.68. The number of benzene rings is 3. The molecule has 0 fully saturated rings. The zero-order valence-electron chi connectivity index (χ0n) is 16.0. The van der Waals surface area contributed by atoms with Crippen molar-refractivity contribution >= 4 is 21.8 Å². The second-order valence-electron chi connectivity index (χ2n) is 6.91. The maximum absolute atomic E-state index is 8.85. The van der Waals surface area contributed by atoms with E-state index in [9.17, 15) is 0 Å². The van der Waals surface area contributed by atoms with Gasteiger partial charge in [0.1, 0.15) is 12.4 Å². The molecule has 0 amide bonds. The molecule has 0 aliphatic heterocycles. The Labute approximate surface area is 165 Å². The van der Waals surface area contributed by atoms with E-state index < -0.39 is 0 Å². The number of fused-ring (bicyclic) bond motifs is 3. The second kappa shape index (κ2) is 8.91. The van der Waals surface area contributed by atoms with Gasteiger partial charge in [-0.25, -0.2) is 0 Å². The van der Waals surface area contributed by atoms with Crippen LogP contribution in [0.1, 0.15) is 12.0 Å². The molecule has 0 atom stereocenters. The molecule has 0 bridgehead atoms. The maximum Gasteiger partial charge on any atom is 0.129 e. The summed E-state index contributed by atoms with van der Waals surface area (Å²) in [6, 6.07) is 25.4. The molecule has 28 heavy (non-hydrogen) atoms. The maximum atomic E-state index is 8.85. The number of nitrogens with one attached hydrogen (secondary N) is 1. The summed E-state index contributed by atoms with van der Waals surface area (Å²) in [5, 5.41) is 14.5. The molecule has 3 aromatic carbocycles. The largest absolute Gasteiger partial charge is 0.492 e. The Hall–Kier alpha value is -2.82. The van der Waals surface area contributed by atoms with Gasteiger partial charge in [-0.15, -0.1) is 0 Å². The first-order valence-electron chi connectivity index (χ1n) is 9.87. The van der Waals surface area contributed by atoms with E-state index in [1.54, 1.807) is 0 Å². The predicted octanol–water partition coefficient (Wildman–Crippen LogP) is 4.19. The summed E-state index contributed by atoms with van der Waals surface area (Å²) in [6.07, 6.45) is 0.766. The van der Waals surface area contributed by atoms with Crippen LogP contribution < -0.4 is 10.1 Å². The molecule has 144 valence electrons. The van der Waals surface area contributed by atoms with Crippen LogP contribution in [0.4, 0.5) is 0 Å². The lowest BCUT2D eigenvalue weighted by atomic mass is 10.1. The number of aromatic nitrogens is 1. The number of aliphatic hydroxyl groups excluding tert-OH is 1. The Kier molecular flexibility index (Phi) is 5.90. The topological polar surface area (TPSA) is 46.4 Å². The lowest BCUT2D eigenvalue weighted by Crippen LogP contribution is -2.22. The van der Waals surface area contributed by atoms with Crippen LogP contribution in [-0.4, -0.2) is 36.0 Å². The summed E-state index contributed by atoms with van der Waals surface area (Å²) in [5.74, 6) is 0.921. The molecular formula is C24H26N2O2. The first-order chi connectivity index (χ1) is 13.9. The van der Waals surface area contributed by atoms with Gasteiger partial charge in [0.25, 0.3) is 0 Å². The smallest absolute Gasteiger partial charge is 0.129 e. The van der Waals surface area contributed by atoms with E-state index in [1.807, 2.05) is 0 Å². The van der Waals surface area contributed by atoms with E-state index in [0.29, 0.717) is 6.61 Å². The first-order valence-corrected chi connectivity index (χ1v) is 9.87. The molecule has 4 rings (SSSR count). The van der Waals surface area contributed by atoms with Gasteiger partial charge in [-0.1, -0.05) is 54.6 Å². The average Bonchev–Trinajstić information content (AvgIpc) is 3.06. The lowest BCUT2D eigenvalue weighted by molar-refractivity contribution is 0.279. The van der Waals surface area contributed by atoms with Crippen LogP contribution >= 0.6 is 0 Å². The third kappa shape index (κ3) is 3.88. The number of hydrogen-bond donors (Lipinski definition) is 2. The summed E-state index contributed by atoms with van der Waals surface area (Å²) >= 11 is 0. The minimum absolute atomic E-state index is 0.216. The zero-order valence-corrected chi connectivity index (χ0v) is 16.0. The molecule has 0 radical (unpaired) electrons. The predicted molar refractivity (Wildman–Crippen MR) is 115 cm³/mol. The van der Waals surface area contributed by atoms with Crippen LogP contribution in [0.3, 0.4) is 0 Å². The molecule has 1 aromatic heterocycles. The number of rotatable bonds is 9. The molecule has 1 heterocycles. The van der Waals surface area contributed by atoms with Crippen molar-refractivity contribution in [3.8, 4) is 5.75 Å². The first kappa shape index (κ1) is 18.5. The normalized spacial score (nSPS) is 11.3. The third-order valence-electron chi connectivity index (χ3n) is 4.99. The Morgan fingerprint density at radius 1 is 0.821 bits per heavy atom. The molecule has 4 aromatic rings. The van der Waals surface area contributed by atoms with E-state index in [0.717, 1.165) is 31.8 Å². The molecule has 0 spiro atoms. The Morgan fingerprint density at radius 2 is 1.61 bits per heavy atom. The number of para-hydroxylation sites is 1. The number of ether oxygens (including phenoxy) is 1. The van der Waals surface area contributed by atoms with Crippen molar-refractivity contribution in [2.24, 2.45) is 0 Å². The fraction of sp³-hybridized carbons (Fsp3) is 0.250. The zero-order chi connectivity index (χ0) is 19.2. The van der Waals surface area contributed by atoms with Crippen LogP contribution in [0.25, 0.3) is 21.8 Å². The number of nitrogens with zero attached hydrogens (tertiary/aromatic N) is 1. The van der Waals surface area contributed by atoms with Gasteiger partial charge >= 0.3 is 0 Å². The van der Waals surface area contributed by atoms with Crippen molar-refractivity contribution in [1.29, 1.82) is 0 Å². The minimum atomic E-state index is 0.216. The number of hydrogen-bond acceptors (Lipinski definition) is 3. The van der Waals surface area contributed by atoms with Gasteiger partial charge in [0.2, 0.25) is 0 Å². The van der Waals surface area contributed by atoms with Crippen molar-refractivity contribution in [3.05, 3.63) is 78.4 Å². The van der Waals surface area contributed by atoms with Crippen LogP contribution in [0.5, 0.6) is 5.75 Å². The summed E-state index contributed by atoms with van der Waals surface area (Å²) in [5.41, 5.74) is 3.69. The van der Waals surface area contributed by atoms with Crippen LogP contribution in [0, 0.1) is 0 Å². The van der Waals surface area contributed by atoms with Crippen molar-refractivity contribution in [3.63, 3.8) is 0 Å². The average molecular weight is 374 g/mol. The monoisotopic (exact) mass is 374 g/mol. The quantitative estimate of drug-likeness (QED) is 0.432. The molecule has 4 heteroatoms. The van der Waals surface area contributed by atoms with E-state index >= 15 is 0 Å².